The molecule has 1 amide bonds. The number of fused-ring (bicyclic) bond motifs is 1. The first-order valence-corrected chi connectivity index (χ1v) is 9.94. The zero-order valence-electron chi connectivity index (χ0n) is 16.6. The van der Waals surface area contributed by atoms with E-state index >= 15 is 0 Å². The average Bonchev–Trinajstić information content (AvgIpc) is 3.23. The Bertz CT molecular complexity index is 834. The van der Waals surface area contributed by atoms with Gasteiger partial charge in [0.15, 0.2) is 11.5 Å². The second-order valence-electron chi connectivity index (χ2n) is 7.26. The highest BCUT2D eigenvalue weighted by Gasteiger charge is 2.28. The summed E-state index contributed by atoms with van der Waals surface area (Å²) in [5.74, 6) is 2.33. The minimum absolute atomic E-state index is 0.00793. The van der Waals surface area contributed by atoms with Crippen LogP contribution < -0.4 is 24.4 Å². The number of methoxy groups -OCH3 is 1. The number of hydrogen-bond acceptors (Lipinski definition) is 5. The number of carbonyl (C=O) groups is 1. The number of rotatable bonds is 7. The molecule has 0 spiro atoms. The lowest BCUT2D eigenvalue weighted by Crippen LogP contribution is -3.15. The van der Waals surface area contributed by atoms with Gasteiger partial charge < -0.3 is 29.2 Å². The lowest BCUT2D eigenvalue weighted by molar-refractivity contribution is -0.937. The van der Waals surface area contributed by atoms with Crippen molar-refractivity contribution in [3.63, 3.8) is 0 Å². The molecule has 2 aromatic carbocycles. The quantitative estimate of drug-likeness (QED) is 0.719. The van der Waals surface area contributed by atoms with E-state index in [-0.39, 0.29) is 18.7 Å². The molecule has 2 aromatic rings. The minimum Gasteiger partial charge on any atom is -0.497 e. The van der Waals surface area contributed by atoms with Crippen molar-refractivity contribution in [2.45, 2.75) is 12.5 Å². The zero-order chi connectivity index (χ0) is 20.1. The van der Waals surface area contributed by atoms with Gasteiger partial charge in [0, 0.05) is 5.56 Å². The van der Waals surface area contributed by atoms with E-state index in [0.29, 0.717) is 13.0 Å². The molecular formula is C22H27N2O5+. The zero-order valence-corrected chi connectivity index (χ0v) is 16.6. The first kappa shape index (κ1) is 19.5. The Balaban J connectivity index is 1.42. The number of benzene rings is 2. The standard InChI is InChI=1S/C22H26N2O5/c1-26-18-5-2-16(3-6-18)12-22(25)23-14-19(24-8-10-27-11-9-24)17-4-7-20-21(13-17)29-15-28-20/h2-7,13,19H,8-12,14-15H2,1H3,(H,23,25)/p+1/t19-/m1/s1. The third-order valence-electron chi connectivity index (χ3n) is 5.45. The lowest BCUT2D eigenvalue weighted by Gasteiger charge is -2.32. The molecule has 1 atom stereocenters. The van der Waals surface area contributed by atoms with Gasteiger partial charge in [-0.2, -0.15) is 0 Å². The van der Waals surface area contributed by atoms with Crippen LogP contribution in [0.1, 0.15) is 17.2 Å². The van der Waals surface area contributed by atoms with E-state index in [0.717, 1.165) is 54.7 Å². The van der Waals surface area contributed by atoms with Crippen LogP contribution in [0.3, 0.4) is 0 Å². The van der Waals surface area contributed by atoms with Crippen molar-refractivity contribution in [3.8, 4) is 17.2 Å². The van der Waals surface area contributed by atoms with Crippen molar-refractivity contribution in [1.29, 1.82) is 0 Å². The SMILES string of the molecule is COc1ccc(CC(=O)NC[C@H](c2ccc3c(c2)OCO3)[NH+]2CCOCC2)cc1. The minimum atomic E-state index is 0.00793. The topological polar surface area (TPSA) is 70.5 Å². The largest absolute Gasteiger partial charge is 0.497 e. The molecule has 0 aromatic heterocycles. The van der Waals surface area contributed by atoms with Gasteiger partial charge in [0.25, 0.3) is 0 Å². The molecule has 0 aliphatic carbocycles. The van der Waals surface area contributed by atoms with Crippen molar-refractivity contribution < 1.29 is 28.6 Å². The predicted molar refractivity (Wildman–Crippen MR) is 107 cm³/mol. The van der Waals surface area contributed by atoms with Crippen LogP contribution >= 0.6 is 0 Å². The van der Waals surface area contributed by atoms with Crippen molar-refractivity contribution >= 4 is 5.91 Å². The monoisotopic (exact) mass is 399 g/mol. The Labute approximate surface area is 170 Å². The third kappa shape index (κ3) is 4.81. The van der Waals surface area contributed by atoms with Crippen molar-refractivity contribution in [3.05, 3.63) is 53.6 Å². The van der Waals surface area contributed by atoms with Crippen LogP contribution in [0.5, 0.6) is 17.2 Å². The first-order valence-electron chi connectivity index (χ1n) is 9.94. The molecule has 7 heteroatoms. The van der Waals surface area contributed by atoms with Gasteiger partial charge in [0.05, 0.1) is 33.3 Å². The van der Waals surface area contributed by atoms with Crippen LogP contribution in [0, 0.1) is 0 Å². The van der Waals surface area contributed by atoms with Gasteiger partial charge in [-0.25, -0.2) is 0 Å². The molecule has 154 valence electrons. The Kier molecular flexibility index (Phi) is 6.17. The number of ether oxygens (including phenoxy) is 4. The van der Waals surface area contributed by atoms with Gasteiger partial charge in [-0.3, -0.25) is 4.79 Å². The summed E-state index contributed by atoms with van der Waals surface area (Å²) in [6, 6.07) is 13.8. The van der Waals surface area contributed by atoms with Crippen LogP contribution in [-0.2, 0) is 16.0 Å². The molecule has 0 bridgehead atoms. The number of amides is 1. The fraction of sp³-hybridized carbons (Fsp3) is 0.409. The fourth-order valence-electron chi connectivity index (χ4n) is 3.82. The summed E-state index contributed by atoms with van der Waals surface area (Å²) in [5, 5.41) is 3.12. The summed E-state index contributed by atoms with van der Waals surface area (Å²) in [6.45, 7) is 4.10. The molecule has 2 aliphatic rings. The summed E-state index contributed by atoms with van der Waals surface area (Å²) in [7, 11) is 1.63. The van der Waals surface area contributed by atoms with Crippen molar-refractivity contribution in [1.82, 2.24) is 5.32 Å². The van der Waals surface area contributed by atoms with Crippen LogP contribution in [0.25, 0.3) is 0 Å². The van der Waals surface area contributed by atoms with Gasteiger partial charge in [-0.1, -0.05) is 12.1 Å². The summed E-state index contributed by atoms with van der Waals surface area (Å²) in [5.41, 5.74) is 2.09. The molecule has 7 nitrogen and oxygen atoms in total. The van der Waals surface area contributed by atoms with Gasteiger partial charge >= 0.3 is 0 Å². The molecule has 2 heterocycles. The molecule has 29 heavy (non-hydrogen) atoms. The number of hydrogen-bond donors (Lipinski definition) is 2. The fourth-order valence-corrected chi connectivity index (χ4v) is 3.82. The van der Waals surface area contributed by atoms with Crippen molar-refractivity contribution in [2.75, 3.05) is 46.8 Å². The Hall–Kier alpha value is -2.77. The van der Waals surface area contributed by atoms with Crippen LogP contribution in [0.15, 0.2) is 42.5 Å². The molecule has 1 saturated heterocycles. The second kappa shape index (κ2) is 9.15. The highest BCUT2D eigenvalue weighted by molar-refractivity contribution is 5.78. The summed E-state index contributed by atoms with van der Waals surface area (Å²) < 4.78 is 21.7. The molecule has 4 rings (SSSR count). The predicted octanol–water partition coefficient (Wildman–Crippen LogP) is 0.739. The smallest absolute Gasteiger partial charge is 0.231 e. The first-order chi connectivity index (χ1) is 14.2. The Morgan fingerprint density at radius 3 is 2.62 bits per heavy atom. The number of carbonyl (C=O) groups excluding carboxylic acids is 1. The van der Waals surface area contributed by atoms with Gasteiger partial charge in [-0.15, -0.1) is 0 Å². The number of quaternary nitrogens is 1. The summed E-state index contributed by atoms with van der Waals surface area (Å²) >= 11 is 0. The van der Waals surface area contributed by atoms with E-state index in [1.807, 2.05) is 36.4 Å². The average molecular weight is 399 g/mol. The highest BCUT2D eigenvalue weighted by Crippen LogP contribution is 2.33. The number of morpholine rings is 1. The molecule has 0 radical (unpaired) electrons. The maximum absolute atomic E-state index is 12.6. The molecule has 1 fully saturated rings. The Morgan fingerprint density at radius 1 is 1.10 bits per heavy atom. The van der Waals surface area contributed by atoms with E-state index in [4.69, 9.17) is 18.9 Å². The van der Waals surface area contributed by atoms with E-state index in [2.05, 4.69) is 11.4 Å². The van der Waals surface area contributed by atoms with Crippen molar-refractivity contribution in [2.24, 2.45) is 0 Å². The maximum Gasteiger partial charge on any atom is 0.231 e. The highest BCUT2D eigenvalue weighted by atomic mass is 16.7. The third-order valence-corrected chi connectivity index (χ3v) is 5.45. The normalized spacial score (nSPS) is 17.0. The van der Waals surface area contributed by atoms with E-state index in [1.54, 1.807) is 7.11 Å². The van der Waals surface area contributed by atoms with Gasteiger partial charge in [-0.05, 0) is 35.9 Å². The summed E-state index contributed by atoms with van der Waals surface area (Å²) in [4.78, 5) is 14.0. The number of nitrogens with one attached hydrogen (secondary N) is 2. The summed E-state index contributed by atoms with van der Waals surface area (Å²) in [6.07, 6.45) is 0.344. The molecule has 0 unspecified atom stereocenters. The Morgan fingerprint density at radius 2 is 1.86 bits per heavy atom. The lowest BCUT2D eigenvalue weighted by atomic mass is 10.0. The van der Waals surface area contributed by atoms with Crippen LogP contribution in [0.2, 0.25) is 0 Å². The second-order valence-corrected chi connectivity index (χ2v) is 7.26. The molecular weight excluding hydrogens is 372 g/mol. The van der Waals surface area contributed by atoms with E-state index < -0.39 is 0 Å². The molecule has 2 aliphatic heterocycles. The van der Waals surface area contributed by atoms with Crippen LogP contribution in [-0.4, -0.2) is 52.7 Å². The van der Waals surface area contributed by atoms with Gasteiger partial charge in [0.2, 0.25) is 12.7 Å². The molecule has 0 saturated carbocycles. The van der Waals surface area contributed by atoms with E-state index in [9.17, 15) is 4.79 Å². The van der Waals surface area contributed by atoms with E-state index in [1.165, 1.54) is 4.90 Å². The molecule has 2 N–H and O–H groups in total. The van der Waals surface area contributed by atoms with Crippen LogP contribution in [0.4, 0.5) is 0 Å². The van der Waals surface area contributed by atoms with Gasteiger partial charge in [0.1, 0.15) is 24.9 Å². The maximum atomic E-state index is 12.6.